The number of hydrogen-bond acceptors (Lipinski definition) is 14. The quantitative estimate of drug-likeness (QED) is 0.174. The number of ether oxygens (including phenoxy) is 4. The van der Waals surface area contributed by atoms with Crippen molar-refractivity contribution in [2.45, 2.75) is 98.5 Å². The summed E-state index contributed by atoms with van der Waals surface area (Å²) >= 11 is 0. The second kappa shape index (κ2) is 10.8. The highest BCUT2D eigenvalue weighted by atomic mass is 16.7. The molecule has 2 aliphatic heterocycles. The van der Waals surface area contributed by atoms with E-state index >= 15 is 0 Å². The largest absolute Gasteiger partial charge is 0.388 e. The van der Waals surface area contributed by atoms with Gasteiger partial charge in [-0.05, 0) is 12.8 Å². The molecular weight excluding hydrogens is 432 g/mol. The van der Waals surface area contributed by atoms with Crippen molar-refractivity contribution >= 4 is 0 Å². The third kappa shape index (κ3) is 5.24. The molecule has 3 fully saturated rings. The fourth-order valence-electron chi connectivity index (χ4n) is 4.29. The van der Waals surface area contributed by atoms with Crippen LogP contribution in [0.3, 0.4) is 0 Å². The maximum Gasteiger partial charge on any atom is 0.186 e. The van der Waals surface area contributed by atoms with Crippen LogP contribution < -0.4 is 22.9 Å². The zero-order valence-corrected chi connectivity index (χ0v) is 17.5. The summed E-state index contributed by atoms with van der Waals surface area (Å²) < 4.78 is 22.5. The summed E-state index contributed by atoms with van der Waals surface area (Å²) in [6.07, 6.45) is -14.1. The van der Waals surface area contributed by atoms with Crippen LogP contribution in [0.5, 0.6) is 0 Å². The Morgan fingerprint density at radius 1 is 0.594 bits per heavy atom. The Bertz CT molecular complexity index is 554. The van der Waals surface area contributed by atoms with Gasteiger partial charge in [0.25, 0.3) is 0 Å². The fourth-order valence-corrected chi connectivity index (χ4v) is 4.29. The third-order valence-electron chi connectivity index (χ3n) is 6.38. The zero-order chi connectivity index (χ0) is 23.7. The molecule has 0 radical (unpaired) electrons. The molecule has 0 aromatic rings. The molecule has 0 unspecified atom stereocenters. The van der Waals surface area contributed by atoms with Crippen molar-refractivity contribution in [3.63, 3.8) is 0 Å². The molecule has 14 heteroatoms. The summed E-state index contributed by atoms with van der Waals surface area (Å²) in [7, 11) is 0. The summed E-state index contributed by atoms with van der Waals surface area (Å²) in [4.78, 5) is 0. The van der Waals surface area contributed by atoms with E-state index in [0.717, 1.165) is 0 Å². The van der Waals surface area contributed by atoms with E-state index < -0.39 is 85.7 Å². The van der Waals surface area contributed by atoms with Gasteiger partial charge in [0.1, 0.15) is 48.8 Å². The maximum atomic E-state index is 10.2. The molecule has 14 N–H and O–H groups in total. The van der Waals surface area contributed by atoms with Gasteiger partial charge in [-0.25, -0.2) is 0 Å². The first-order chi connectivity index (χ1) is 15.1. The highest BCUT2D eigenvalue weighted by Gasteiger charge is 2.48. The number of aliphatic hydroxyl groups excluding tert-OH is 6. The first-order valence-electron chi connectivity index (χ1n) is 10.7. The van der Waals surface area contributed by atoms with E-state index in [4.69, 9.17) is 41.9 Å². The lowest BCUT2D eigenvalue weighted by Crippen LogP contribution is -2.64. The van der Waals surface area contributed by atoms with E-state index in [1.54, 1.807) is 0 Å². The van der Waals surface area contributed by atoms with E-state index in [2.05, 4.69) is 0 Å². The molecule has 1 saturated carbocycles. The minimum Gasteiger partial charge on any atom is -0.388 e. The Balaban J connectivity index is 1.59. The Kier molecular flexibility index (Phi) is 8.79. The highest BCUT2D eigenvalue weighted by Crippen LogP contribution is 2.30. The van der Waals surface area contributed by atoms with Crippen LogP contribution in [0, 0.1) is 0 Å². The van der Waals surface area contributed by atoms with Gasteiger partial charge in [0.15, 0.2) is 12.6 Å². The number of nitrogens with two attached hydrogens (primary N) is 4. The van der Waals surface area contributed by atoms with Gasteiger partial charge in [-0.15, -0.1) is 0 Å². The van der Waals surface area contributed by atoms with Gasteiger partial charge in [-0.2, -0.15) is 0 Å². The molecular formula is C18H36N4O10. The van der Waals surface area contributed by atoms with Crippen molar-refractivity contribution in [2.75, 3.05) is 13.1 Å². The molecule has 32 heavy (non-hydrogen) atoms. The molecule has 14 atom stereocenters. The van der Waals surface area contributed by atoms with Gasteiger partial charge in [-0.3, -0.25) is 0 Å². The van der Waals surface area contributed by atoms with Gasteiger partial charge in [0.05, 0.1) is 12.2 Å². The summed E-state index contributed by atoms with van der Waals surface area (Å²) in [6.45, 7) is -0.184. The van der Waals surface area contributed by atoms with Crippen LogP contribution in [0.2, 0.25) is 0 Å². The molecule has 0 bridgehead atoms. The minimum atomic E-state index is -1.52. The highest BCUT2D eigenvalue weighted by molar-refractivity contribution is 4.96. The van der Waals surface area contributed by atoms with Crippen molar-refractivity contribution in [1.82, 2.24) is 0 Å². The Hall–Kier alpha value is -0.560. The van der Waals surface area contributed by atoms with Crippen LogP contribution in [0.25, 0.3) is 0 Å². The van der Waals surface area contributed by atoms with Crippen LogP contribution in [0.4, 0.5) is 0 Å². The van der Waals surface area contributed by atoms with Gasteiger partial charge in [0.2, 0.25) is 0 Å². The molecule has 188 valence electrons. The molecule has 3 rings (SSSR count). The molecule has 0 aromatic carbocycles. The van der Waals surface area contributed by atoms with Crippen molar-refractivity contribution < 1.29 is 49.6 Å². The van der Waals surface area contributed by atoms with E-state index in [1.165, 1.54) is 0 Å². The first-order valence-corrected chi connectivity index (χ1v) is 10.7. The van der Waals surface area contributed by atoms with E-state index in [1.807, 2.05) is 0 Å². The van der Waals surface area contributed by atoms with Gasteiger partial charge < -0.3 is 72.5 Å². The monoisotopic (exact) mass is 468 g/mol. The standard InChI is InChI=1S/C18H36N4O10/c19-3-9-11(23)13(25)15(27)17(31-9)29-7-1-5(21)8(2-6(7)22)30-18-16(28)14(26)12(24)10(4-20)32-18/h5-18,23-28H,1-4,19-22H2/t5-,6-,7-,8-,9-,10+,11-,12+,13+,14-,15-,16+,17+,18-/m0/s1. The van der Waals surface area contributed by atoms with Crippen molar-refractivity contribution in [2.24, 2.45) is 22.9 Å². The molecule has 0 amide bonds. The summed E-state index contributed by atoms with van der Waals surface area (Å²) in [5.74, 6) is 0. The average Bonchev–Trinajstić information content (AvgIpc) is 2.77. The molecule has 1 aliphatic carbocycles. The minimum absolute atomic E-state index is 0.0922. The molecule has 2 saturated heterocycles. The second-order valence-electron chi connectivity index (χ2n) is 8.65. The van der Waals surface area contributed by atoms with Crippen molar-refractivity contribution in [3.8, 4) is 0 Å². The zero-order valence-electron chi connectivity index (χ0n) is 17.5. The number of rotatable bonds is 6. The van der Waals surface area contributed by atoms with Gasteiger partial charge >= 0.3 is 0 Å². The Labute approximate surface area is 185 Å². The molecule has 0 aromatic heterocycles. The number of hydrogen-bond donors (Lipinski definition) is 10. The summed E-state index contributed by atoms with van der Waals surface area (Å²) in [5, 5.41) is 60.2. The van der Waals surface area contributed by atoms with Crippen LogP contribution in [-0.2, 0) is 18.9 Å². The number of aliphatic hydroxyl groups is 6. The predicted molar refractivity (Wildman–Crippen MR) is 106 cm³/mol. The third-order valence-corrected chi connectivity index (χ3v) is 6.38. The average molecular weight is 469 g/mol. The van der Waals surface area contributed by atoms with Crippen molar-refractivity contribution in [3.05, 3.63) is 0 Å². The van der Waals surface area contributed by atoms with Crippen LogP contribution in [0.15, 0.2) is 0 Å². The molecule has 2 heterocycles. The van der Waals surface area contributed by atoms with Gasteiger partial charge in [0, 0.05) is 25.2 Å². The van der Waals surface area contributed by atoms with Crippen LogP contribution in [-0.4, -0.2) is 129 Å². The molecule has 3 aliphatic rings. The smallest absolute Gasteiger partial charge is 0.186 e. The summed E-state index contributed by atoms with van der Waals surface area (Å²) in [6, 6.07) is -1.25. The van der Waals surface area contributed by atoms with E-state index in [-0.39, 0.29) is 25.9 Å². The lowest BCUT2D eigenvalue weighted by Gasteiger charge is -2.46. The summed E-state index contributed by atoms with van der Waals surface area (Å²) in [5.41, 5.74) is 23.5. The lowest BCUT2D eigenvalue weighted by atomic mass is 9.86. The topological polar surface area (TPSA) is 262 Å². The SMILES string of the molecule is NC[C@@H]1O[C@@H](O[C@H]2C[C@H](N)[C@@H](O[C@H]3O[C@H](CN)[C@@H](O)[C@H](O)[C@H]3O)C[C@@H]2N)[C@@H](O)[C@H](O)[C@H]1O. The van der Waals surface area contributed by atoms with Gasteiger partial charge in [-0.1, -0.05) is 0 Å². The van der Waals surface area contributed by atoms with Crippen molar-refractivity contribution in [1.29, 1.82) is 0 Å². The van der Waals surface area contributed by atoms with Crippen LogP contribution >= 0.6 is 0 Å². The van der Waals surface area contributed by atoms with Crippen LogP contribution in [0.1, 0.15) is 12.8 Å². The predicted octanol–water partition coefficient (Wildman–Crippen LogP) is -6.26. The van der Waals surface area contributed by atoms with E-state index in [0.29, 0.717) is 0 Å². The fraction of sp³-hybridized carbons (Fsp3) is 1.00. The Morgan fingerprint density at radius 2 is 0.938 bits per heavy atom. The van der Waals surface area contributed by atoms with E-state index in [9.17, 15) is 30.6 Å². The lowest BCUT2D eigenvalue weighted by molar-refractivity contribution is -0.319. The maximum absolute atomic E-state index is 10.2. The second-order valence-corrected chi connectivity index (χ2v) is 8.65. The normalized spacial score (nSPS) is 52.7. The Morgan fingerprint density at radius 3 is 1.25 bits per heavy atom. The first kappa shape index (κ1) is 26.1. The molecule has 14 nitrogen and oxygen atoms in total. The molecule has 0 spiro atoms.